The van der Waals surface area contributed by atoms with Crippen molar-refractivity contribution >= 4 is 6.47 Å². The van der Waals surface area contributed by atoms with Gasteiger partial charge in [-0.15, -0.1) is 0 Å². The Morgan fingerprint density at radius 3 is 2.05 bits per heavy atom. The number of fused-ring (bicyclic) bond motifs is 1. The van der Waals surface area contributed by atoms with Gasteiger partial charge in [0, 0.05) is 17.8 Å². The van der Waals surface area contributed by atoms with E-state index >= 15 is 0 Å². The van der Waals surface area contributed by atoms with Crippen LogP contribution in [-0.2, 0) is 9.53 Å². The van der Waals surface area contributed by atoms with Crippen LogP contribution in [0.25, 0.3) is 0 Å². The van der Waals surface area contributed by atoms with Crippen molar-refractivity contribution in [2.75, 3.05) is 6.61 Å². The molecule has 0 radical (unpaired) electrons. The Morgan fingerprint density at radius 1 is 0.950 bits per heavy atom. The van der Waals surface area contributed by atoms with Gasteiger partial charge in [-0.05, 0) is 28.7 Å². The predicted molar refractivity (Wildman–Crippen MR) is 76.7 cm³/mol. The quantitative estimate of drug-likeness (QED) is 0.794. The molecule has 0 heterocycles. The van der Waals surface area contributed by atoms with E-state index in [9.17, 15) is 4.79 Å². The van der Waals surface area contributed by atoms with Gasteiger partial charge in [-0.1, -0.05) is 48.5 Å². The Kier molecular flexibility index (Phi) is 2.62. The van der Waals surface area contributed by atoms with Gasteiger partial charge >= 0.3 is 0 Å². The summed E-state index contributed by atoms with van der Waals surface area (Å²) in [4.78, 5) is 10.5. The molecule has 0 saturated heterocycles. The van der Waals surface area contributed by atoms with Gasteiger partial charge in [-0.2, -0.15) is 0 Å². The molecule has 3 aliphatic rings. The average Bonchev–Trinajstić information content (AvgIpc) is 2.53. The first-order valence-electron chi connectivity index (χ1n) is 7.13. The molecule has 0 aliphatic heterocycles. The van der Waals surface area contributed by atoms with Crippen molar-refractivity contribution in [2.45, 2.75) is 18.3 Å². The van der Waals surface area contributed by atoms with E-state index in [1.807, 2.05) is 0 Å². The molecule has 100 valence electrons. The maximum atomic E-state index is 10.5. The van der Waals surface area contributed by atoms with Gasteiger partial charge in [-0.25, -0.2) is 0 Å². The molecule has 1 unspecified atom stereocenters. The first-order valence-corrected chi connectivity index (χ1v) is 7.13. The summed E-state index contributed by atoms with van der Waals surface area (Å²) in [6, 6.07) is 17.4. The van der Waals surface area contributed by atoms with Crippen molar-refractivity contribution in [1.82, 2.24) is 0 Å². The molecule has 0 spiro atoms. The van der Waals surface area contributed by atoms with Crippen LogP contribution in [0.5, 0.6) is 0 Å². The van der Waals surface area contributed by atoms with E-state index in [2.05, 4.69) is 48.5 Å². The molecule has 2 aromatic rings. The summed E-state index contributed by atoms with van der Waals surface area (Å²) in [5.41, 5.74) is 5.75. The molecule has 0 saturated carbocycles. The topological polar surface area (TPSA) is 26.3 Å². The second-order valence-corrected chi connectivity index (χ2v) is 5.71. The number of rotatable bonds is 3. The normalized spacial score (nSPS) is 25.7. The van der Waals surface area contributed by atoms with Crippen molar-refractivity contribution in [3.05, 3.63) is 70.8 Å². The lowest BCUT2D eigenvalue weighted by molar-refractivity contribution is -0.130. The van der Waals surface area contributed by atoms with Crippen LogP contribution in [0.3, 0.4) is 0 Å². The van der Waals surface area contributed by atoms with Gasteiger partial charge in [0.2, 0.25) is 0 Å². The van der Waals surface area contributed by atoms with Crippen molar-refractivity contribution in [3.8, 4) is 0 Å². The molecule has 0 fully saturated rings. The lowest BCUT2D eigenvalue weighted by atomic mass is 9.59. The van der Waals surface area contributed by atoms with Crippen LogP contribution in [0, 0.1) is 5.92 Å². The number of hydrogen-bond donors (Lipinski definition) is 0. The molecule has 2 heteroatoms. The summed E-state index contributed by atoms with van der Waals surface area (Å²) < 4.78 is 5.08. The van der Waals surface area contributed by atoms with E-state index in [0.29, 0.717) is 30.8 Å². The van der Waals surface area contributed by atoms with E-state index < -0.39 is 0 Å². The minimum absolute atomic E-state index is 0.368. The molecule has 2 nitrogen and oxygen atoms in total. The molecule has 1 atom stereocenters. The summed E-state index contributed by atoms with van der Waals surface area (Å²) in [6.07, 6.45) is 1.08. The number of benzene rings is 2. The van der Waals surface area contributed by atoms with Crippen LogP contribution in [0.4, 0.5) is 0 Å². The van der Waals surface area contributed by atoms with Gasteiger partial charge in [0.1, 0.15) is 0 Å². The maximum Gasteiger partial charge on any atom is 0.293 e. The van der Waals surface area contributed by atoms with Crippen LogP contribution in [0.1, 0.15) is 40.5 Å². The first kappa shape index (κ1) is 11.7. The summed E-state index contributed by atoms with van der Waals surface area (Å²) in [5.74, 6) is 1.22. The van der Waals surface area contributed by atoms with Crippen molar-refractivity contribution in [2.24, 2.45) is 5.92 Å². The van der Waals surface area contributed by atoms with Crippen molar-refractivity contribution in [1.29, 1.82) is 0 Å². The Balaban J connectivity index is 1.86. The molecule has 3 aliphatic carbocycles. The summed E-state index contributed by atoms with van der Waals surface area (Å²) in [5, 5.41) is 0. The Labute approximate surface area is 118 Å². The van der Waals surface area contributed by atoms with Gasteiger partial charge in [-0.3, -0.25) is 4.79 Å². The van der Waals surface area contributed by atoms with E-state index in [0.717, 1.165) is 6.42 Å². The predicted octanol–water partition coefficient (Wildman–Crippen LogP) is 3.46. The molecule has 0 N–H and O–H groups in total. The second-order valence-electron chi connectivity index (χ2n) is 5.71. The Hall–Kier alpha value is -2.09. The molecule has 2 aromatic carbocycles. The van der Waals surface area contributed by atoms with Crippen molar-refractivity contribution < 1.29 is 9.53 Å². The fourth-order valence-electron chi connectivity index (χ4n) is 4.09. The highest BCUT2D eigenvalue weighted by Crippen LogP contribution is 2.55. The van der Waals surface area contributed by atoms with E-state index in [4.69, 9.17) is 4.74 Å². The highest BCUT2D eigenvalue weighted by molar-refractivity contribution is 5.55. The van der Waals surface area contributed by atoms with Crippen LogP contribution in [0.15, 0.2) is 48.5 Å². The minimum atomic E-state index is 0.368. The number of ether oxygens (including phenoxy) is 1. The number of hydrogen-bond acceptors (Lipinski definition) is 2. The molecule has 5 rings (SSSR count). The number of carbonyl (C=O) groups excluding carboxylic acids is 1. The van der Waals surface area contributed by atoms with E-state index in [1.54, 1.807) is 0 Å². The summed E-state index contributed by atoms with van der Waals surface area (Å²) >= 11 is 0. The Bertz CT molecular complexity index is 614. The third-order valence-corrected chi connectivity index (χ3v) is 4.80. The molecular weight excluding hydrogens is 248 g/mol. The second kappa shape index (κ2) is 4.48. The van der Waals surface area contributed by atoms with Gasteiger partial charge in [0.05, 0.1) is 6.61 Å². The lowest BCUT2D eigenvalue weighted by Crippen LogP contribution is -2.34. The fraction of sp³-hybridized carbons (Fsp3) is 0.278. The third kappa shape index (κ3) is 1.54. The molecule has 2 bridgehead atoms. The monoisotopic (exact) mass is 264 g/mol. The van der Waals surface area contributed by atoms with E-state index in [1.165, 1.54) is 22.3 Å². The smallest absolute Gasteiger partial charge is 0.293 e. The van der Waals surface area contributed by atoms with Crippen LogP contribution >= 0.6 is 0 Å². The zero-order valence-electron chi connectivity index (χ0n) is 11.2. The SMILES string of the molecule is O=COCC1CC2c3ccccc3C1c1ccccc12. The van der Waals surface area contributed by atoms with Gasteiger partial charge in [0.15, 0.2) is 0 Å². The lowest BCUT2D eigenvalue weighted by Gasteiger charge is -2.45. The van der Waals surface area contributed by atoms with Gasteiger partial charge < -0.3 is 4.74 Å². The maximum absolute atomic E-state index is 10.5. The average molecular weight is 264 g/mol. The van der Waals surface area contributed by atoms with Crippen molar-refractivity contribution in [3.63, 3.8) is 0 Å². The molecule has 0 amide bonds. The zero-order chi connectivity index (χ0) is 13.5. The Morgan fingerprint density at radius 2 is 1.50 bits per heavy atom. The minimum Gasteiger partial charge on any atom is -0.468 e. The van der Waals surface area contributed by atoms with Crippen LogP contribution in [-0.4, -0.2) is 13.1 Å². The fourth-order valence-corrected chi connectivity index (χ4v) is 4.09. The van der Waals surface area contributed by atoms with E-state index in [-0.39, 0.29) is 0 Å². The molecule has 0 aromatic heterocycles. The largest absolute Gasteiger partial charge is 0.468 e. The van der Waals surface area contributed by atoms with Crippen LogP contribution < -0.4 is 0 Å². The summed E-state index contributed by atoms with van der Waals surface area (Å²) in [6.45, 7) is 1.09. The molecular formula is C18H16O2. The summed E-state index contributed by atoms with van der Waals surface area (Å²) in [7, 11) is 0. The number of carbonyl (C=O) groups is 1. The molecule has 20 heavy (non-hydrogen) atoms. The standard InChI is InChI=1S/C18H16O2/c19-11-20-10-12-9-17-13-5-1-3-7-15(13)18(12)16-8-4-2-6-14(16)17/h1-8,11-12,17-18H,9-10H2. The highest BCUT2D eigenvalue weighted by atomic mass is 16.5. The zero-order valence-corrected chi connectivity index (χ0v) is 11.2. The van der Waals surface area contributed by atoms with Crippen LogP contribution in [0.2, 0.25) is 0 Å². The first-order chi connectivity index (χ1) is 9.90. The van der Waals surface area contributed by atoms with Gasteiger partial charge in [0.25, 0.3) is 6.47 Å². The third-order valence-electron chi connectivity index (χ3n) is 4.80. The highest BCUT2D eigenvalue weighted by Gasteiger charge is 2.43.